The first kappa shape index (κ1) is 47.0. The van der Waals surface area contributed by atoms with Gasteiger partial charge in [-0.3, -0.25) is 19.1 Å². The van der Waals surface area contributed by atoms with E-state index in [0.717, 1.165) is 74.1 Å². The minimum Gasteiger partial charge on any atom is -0.543 e. The summed E-state index contributed by atoms with van der Waals surface area (Å²) in [5.41, 5.74) is 9.16. The predicted octanol–water partition coefficient (Wildman–Crippen LogP) is 11.2. The van der Waals surface area contributed by atoms with E-state index in [-0.39, 0.29) is 29.0 Å². The lowest BCUT2D eigenvalue weighted by Crippen LogP contribution is -2.50. The zero-order chi connectivity index (χ0) is 47.2. The number of anilines is 2. The summed E-state index contributed by atoms with van der Waals surface area (Å²) in [7, 11) is -0.422. The summed E-state index contributed by atoms with van der Waals surface area (Å²) >= 11 is 0. The first-order valence-electron chi connectivity index (χ1n) is 23.7. The molecular formula is C53H65F2N7O3Si. The number of alkyl halides is 2. The molecule has 13 heteroatoms. The SMILES string of the molecule is Cc1c(C(=O)N(c2ccc(O[Si](C(C)C)(C(C)C)C(C)C)cc2)c2cc(C#N)n(C(F)F)c2C)cc(-c2cc3c(cc2C(=O)N2Cc4ccccc4C[C@H]2CN2CCCC2)CNCC3)n1C. The maximum absolute atomic E-state index is 15.4. The number of halogens is 2. The first-order valence-corrected chi connectivity index (χ1v) is 25.9. The Balaban J connectivity index is 1.23. The molecule has 0 unspecified atom stereocenters. The van der Waals surface area contributed by atoms with Gasteiger partial charge >= 0.3 is 6.55 Å². The van der Waals surface area contributed by atoms with Gasteiger partial charge in [0.1, 0.15) is 17.5 Å². The number of benzene rings is 3. The van der Waals surface area contributed by atoms with Crippen LogP contribution in [-0.4, -0.2) is 71.3 Å². The van der Waals surface area contributed by atoms with Crippen LogP contribution in [0.15, 0.2) is 72.8 Å². The monoisotopic (exact) mass is 913 g/mol. The number of fused-ring (bicyclic) bond motifs is 2. The van der Waals surface area contributed by atoms with Crippen LogP contribution >= 0.6 is 0 Å². The molecule has 3 aliphatic rings. The van der Waals surface area contributed by atoms with E-state index in [1.807, 2.05) is 48.9 Å². The predicted molar refractivity (Wildman–Crippen MR) is 260 cm³/mol. The van der Waals surface area contributed by atoms with Crippen molar-refractivity contribution < 1.29 is 22.8 Å². The minimum absolute atomic E-state index is 0.00730. The highest BCUT2D eigenvalue weighted by Gasteiger charge is 2.47. The number of nitrogens with zero attached hydrogens (tertiary/aromatic N) is 6. The van der Waals surface area contributed by atoms with E-state index in [4.69, 9.17) is 4.43 Å². The molecule has 2 amide bonds. The third-order valence-electron chi connectivity index (χ3n) is 14.9. The van der Waals surface area contributed by atoms with Crippen molar-refractivity contribution in [2.75, 3.05) is 31.1 Å². The van der Waals surface area contributed by atoms with Crippen LogP contribution in [0.1, 0.15) is 121 Å². The van der Waals surface area contributed by atoms with Gasteiger partial charge in [0.15, 0.2) is 0 Å². The Morgan fingerprint density at radius 2 is 1.53 bits per heavy atom. The summed E-state index contributed by atoms with van der Waals surface area (Å²) in [5.74, 6) is 0.192. The Labute approximate surface area is 390 Å². The molecule has 0 spiro atoms. The summed E-state index contributed by atoms with van der Waals surface area (Å²) in [4.78, 5) is 36.8. The second kappa shape index (κ2) is 19.0. The van der Waals surface area contributed by atoms with Gasteiger partial charge in [0.2, 0.25) is 0 Å². The average Bonchev–Trinajstić information content (AvgIpc) is 4.02. The average molecular weight is 914 g/mol. The Morgan fingerprint density at radius 3 is 2.15 bits per heavy atom. The summed E-state index contributed by atoms with van der Waals surface area (Å²) < 4.78 is 38.8. The second-order valence-electron chi connectivity index (χ2n) is 19.6. The van der Waals surface area contributed by atoms with Crippen LogP contribution in [0, 0.1) is 25.2 Å². The molecule has 1 N–H and O–H groups in total. The molecule has 5 aromatic rings. The van der Waals surface area contributed by atoms with Crippen LogP contribution in [0.2, 0.25) is 16.6 Å². The van der Waals surface area contributed by atoms with Gasteiger partial charge in [-0.25, -0.2) is 0 Å². The fraction of sp³-hybridized carbons (Fsp3) is 0.453. The highest BCUT2D eigenvalue weighted by Crippen LogP contribution is 2.44. The van der Waals surface area contributed by atoms with Crippen molar-refractivity contribution in [3.63, 3.8) is 0 Å². The minimum atomic E-state index is -2.99. The standard InChI is InChI=1S/C53H65F2N7O3Si/c1-33(2)66(34(3)4,35(5)6)65-45-18-16-42(17-19-45)62(49-27-43(29-56)61(37(49)8)53(54)55)52(64)46-28-50(58(9)36(46)7)47-25-39-20-21-57-30-41(39)26-48(47)51(63)60-31-40-15-11-10-14-38(40)24-44(60)32-59-22-12-13-23-59/h10-11,14-19,25-28,33-35,44,53,57H,12-13,20-24,30-32H2,1-9H3/t44-/m0/s1. The Kier molecular flexibility index (Phi) is 13.5. The van der Waals surface area contributed by atoms with Crippen molar-refractivity contribution in [1.82, 2.24) is 24.3 Å². The van der Waals surface area contributed by atoms with Crippen molar-refractivity contribution in [2.45, 2.75) is 123 Å². The molecule has 0 saturated carbocycles. The lowest BCUT2D eigenvalue weighted by Gasteiger charge is -2.42. The van der Waals surface area contributed by atoms with Crippen molar-refractivity contribution in [3.8, 4) is 23.1 Å². The molecule has 1 atom stereocenters. The van der Waals surface area contributed by atoms with Gasteiger partial charge in [0, 0.05) is 66.6 Å². The van der Waals surface area contributed by atoms with E-state index in [0.29, 0.717) is 68.2 Å². The number of carbonyl (C=O) groups is 2. The van der Waals surface area contributed by atoms with E-state index < -0.39 is 20.8 Å². The van der Waals surface area contributed by atoms with Crippen LogP contribution < -0.4 is 14.6 Å². The van der Waals surface area contributed by atoms with Gasteiger partial charge in [0.05, 0.1) is 11.3 Å². The Bertz CT molecular complexity index is 2630. The summed E-state index contributed by atoms with van der Waals surface area (Å²) in [5, 5.41) is 13.5. The third kappa shape index (κ3) is 8.52. The molecule has 66 heavy (non-hydrogen) atoms. The number of nitrogens with one attached hydrogen (secondary N) is 1. The van der Waals surface area contributed by atoms with Crippen LogP contribution in [0.25, 0.3) is 11.3 Å². The van der Waals surface area contributed by atoms with Crippen molar-refractivity contribution in [2.24, 2.45) is 7.05 Å². The zero-order valence-electron chi connectivity index (χ0n) is 40.0. The lowest BCUT2D eigenvalue weighted by molar-refractivity contribution is 0.0594. The molecule has 10 nitrogen and oxygen atoms in total. The molecule has 0 radical (unpaired) electrons. The number of likely N-dealkylation sites (tertiary alicyclic amines) is 1. The number of hydrogen-bond acceptors (Lipinski definition) is 6. The number of amides is 2. The molecular weight excluding hydrogens is 849 g/mol. The maximum atomic E-state index is 15.4. The molecule has 0 bridgehead atoms. The quantitative estimate of drug-likeness (QED) is 0.118. The fourth-order valence-electron chi connectivity index (χ4n) is 11.4. The number of rotatable bonds is 13. The lowest BCUT2D eigenvalue weighted by atomic mass is 9.89. The summed E-state index contributed by atoms with van der Waals surface area (Å²) in [6.45, 7) is 18.6. The Morgan fingerprint density at radius 1 is 0.864 bits per heavy atom. The molecule has 3 aliphatic heterocycles. The van der Waals surface area contributed by atoms with Crippen LogP contribution in [-0.2, 0) is 33.0 Å². The van der Waals surface area contributed by atoms with Crippen LogP contribution in [0.3, 0.4) is 0 Å². The third-order valence-corrected chi connectivity index (χ3v) is 20.9. The molecule has 5 heterocycles. The van der Waals surface area contributed by atoms with Crippen molar-refractivity contribution in [1.29, 1.82) is 5.26 Å². The van der Waals surface area contributed by atoms with E-state index in [1.165, 1.54) is 23.5 Å². The molecule has 1 saturated heterocycles. The first-order chi connectivity index (χ1) is 31.5. The highest BCUT2D eigenvalue weighted by molar-refractivity contribution is 6.78. The number of aromatic nitrogens is 2. The molecule has 0 aliphatic carbocycles. The number of nitriles is 1. The van der Waals surface area contributed by atoms with E-state index >= 15 is 9.59 Å². The van der Waals surface area contributed by atoms with Gasteiger partial charge in [-0.05, 0) is 147 Å². The molecule has 8 rings (SSSR count). The smallest absolute Gasteiger partial charge is 0.319 e. The van der Waals surface area contributed by atoms with Crippen LogP contribution in [0.5, 0.6) is 5.75 Å². The number of hydrogen-bond donors (Lipinski definition) is 1. The topological polar surface area (TPSA) is 98.8 Å². The summed E-state index contributed by atoms with van der Waals surface area (Å²) in [6, 6.07) is 25.0. The maximum Gasteiger partial charge on any atom is 0.319 e. The van der Waals surface area contributed by atoms with Gasteiger partial charge in [0.25, 0.3) is 20.1 Å². The van der Waals surface area contributed by atoms with Gasteiger partial charge in [-0.2, -0.15) is 14.0 Å². The van der Waals surface area contributed by atoms with Gasteiger partial charge in [-0.15, -0.1) is 0 Å². The molecule has 3 aromatic carbocycles. The molecule has 2 aromatic heterocycles. The highest BCUT2D eigenvalue weighted by atomic mass is 28.4. The van der Waals surface area contributed by atoms with Gasteiger partial charge in [-0.1, -0.05) is 65.8 Å². The van der Waals surface area contributed by atoms with Crippen LogP contribution in [0.4, 0.5) is 20.2 Å². The zero-order valence-corrected chi connectivity index (χ0v) is 41.0. The summed E-state index contributed by atoms with van der Waals surface area (Å²) in [6.07, 6.45) is 3.91. The van der Waals surface area contributed by atoms with Gasteiger partial charge < -0.3 is 24.1 Å². The number of carbonyl (C=O) groups excluding carboxylic acids is 2. The fourth-order valence-corrected chi connectivity index (χ4v) is 16.6. The van der Waals surface area contributed by atoms with E-state index in [9.17, 15) is 14.0 Å². The van der Waals surface area contributed by atoms with Crippen molar-refractivity contribution >= 4 is 31.5 Å². The van der Waals surface area contributed by atoms with E-state index in [1.54, 1.807) is 12.1 Å². The molecule has 348 valence electrons. The largest absolute Gasteiger partial charge is 0.543 e. The van der Waals surface area contributed by atoms with Crippen molar-refractivity contribution in [3.05, 3.63) is 123 Å². The second-order valence-corrected chi connectivity index (χ2v) is 24.9. The molecule has 1 fully saturated rings. The Hall–Kier alpha value is -5.55. The normalized spacial score (nSPS) is 16.6. The van der Waals surface area contributed by atoms with E-state index in [2.05, 4.69) is 87.0 Å².